The van der Waals surface area contributed by atoms with Crippen LogP contribution >= 0.6 is 11.6 Å². The highest BCUT2D eigenvalue weighted by Crippen LogP contribution is 2.25. The number of benzene rings is 2. The van der Waals surface area contributed by atoms with Crippen molar-refractivity contribution in [2.24, 2.45) is 0 Å². The van der Waals surface area contributed by atoms with Gasteiger partial charge in [-0.1, -0.05) is 29.8 Å². The Balaban J connectivity index is 1.71. The molecular formula is C16H14ClNO6. The first-order valence-corrected chi connectivity index (χ1v) is 7.34. The highest BCUT2D eigenvalue weighted by atomic mass is 35.5. The van der Waals surface area contributed by atoms with Crippen molar-refractivity contribution >= 4 is 23.3 Å². The molecule has 0 aromatic heterocycles. The number of esters is 1. The summed E-state index contributed by atoms with van der Waals surface area (Å²) in [5.74, 6) is -0.0767. The van der Waals surface area contributed by atoms with Crippen molar-refractivity contribution in [1.82, 2.24) is 0 Å². The van der Waals surface area contributed by atoms with Gasteiger partial charge in [-0.3, -0.25) is 10.1 Å². The van der Waals surface area contributed by atoms with E-state index in [4.69, 9.17) is 25.8 Å². The Bertz CT molecular complexity index is 721. The third-order valence-corrected chi connectivity index (χ3v) is 3.05. The molecule has 0 amide bonds. The lowest BCUT2D eigenvalue weighted by atomic mass is 10.3. The van der Waals surface area contributed by atoms with Crippen LogP contribution in [0.4, 0.5) is 5.69 Å². The zero-order valence-corrected chi connectivity index (χ0v) is 13.3. The fraction of sp³-hybridized carbons (Fsp3) is 0.188. The lowest BCUT2D eigenvalue weighted by molar-refractivity contribution is -0.385. The largest absolute Gasteiger partial charge is 0.490 e. The van der Waals surface area contributed by atoms with Crippen molar-refractivity contribution in [3.63, 3.8) is 0 Å². The second-order valence-corrected chi connectivity index (χ2v) is 4.98. The summed E-state index contributed by atoms with van der Waals surface area (Å²) in [6, 6.07) is 12.6. The molecule has 0 atom stereocenters. The van der Waals surface area contributed by atoms with Gasteiger partial charge >= 0.3 is 11.7 Å². The Morgan fingerprint density at radius 2 is 1.88 bits per heavy atom. The Labute approximate surface area is 142 Å². The number of nitro groups is 1. The number of carbonyl (C=O) groups is 1. The molecule has 0 aliphatic rings. The predicted molar refractivity (Wildman–Crippen MR) is 86.5 cm³/mol. The minimum Gasteiger partial charge on any atom is -0.490 e. The van der Waals surface area contributed by atoms with Gasteiger partial charge in [-0.2, -0.15) is 0 Å². The smallest absolute Gasteiger partial charge is 0.344 e. The average Bonchev–Trinajstić information content (AvgIpc) is 2.57. The van der Waals surface area contributed by atoms with E-state index in [1.807, 2.05) is 0 Å². The Kier molecular flexibility index (Phi) is 6.39. The molecular weight excluding hydrogens is 338 g/mol. The maximum Gasteiger partial charge on any atom is 0.344 e. The van der Waals surface area contributed by atoms with Crippen LogP contribution in [0.25, 0.3) is 0 Å². The average molecular weight is 352 g/mol. The number of ether oxygens (including phenoxy) is 3. The van der Waals surface area contributed by atoms with Gasteiger partial charge in [0, 0.05) is 11.1 Å². The van der Waals surface area contributed by atoms with Crippen molar-refractivity contribution in [2.45, 2.75) is 0 Å². The quantitative estimate of drug-likeness (QED) is 0.314. The summed E-state index contributed by atoms with van der Waals surface area (Å²) in [5, 5.41) is 11.4. The molecule has 0 N–H and O–H groups in total. The first-order chi connectivity index (χ1) is 11.6. The van der Waals surface area contributed by atoms with Gasteiger partial charge in [0.1, 0.15) is 19.0 Å². The van der Waals surface area contributed by atoms with E-state index in [0.717, 1.165) is 0 Å². The van der Waals surface area contributed by atoms with Gasteiger partial charge in [-0.25, -0.2) is 4.79 Å². The first-order valence-electron chi connectivity index (χ1n) is 6.96. The van der Waals surface area contributed by atoms with Crippen LogP contribution in [0.2, 0.25) is 5.02 Å². The molecule has 7 nitrogen and oxygen atoms in total. The van der Waals surface area contributed by atoms with E-state index < -0.39 is 17.5 Å². The van der Waals surface area contributed by atoms with E-state index in [9.17, 15) is 14.9 Å². The summed E-state index contributed by atoms with van der Waals surface area (Å²) < 4.78 is 15.4. The van der Waals surface area contributed by atoms with Crippen LogP contribution in [0, 0.1) is 10.1 Å². The lowest BCUT2D eigenvalue weighted by Crippen LogP contribution is -2.18. The summed E-state index contributed by atoms with van der Waals surface area (Å²) in [5.41, 5.74) is -0.213. The van der Waals surface area contributed by atoms with Gasteiger partial charge in [0.25, 0.3) is 0 Å². The van der Waals surface area contributed by atoms with Crippen LogP contribution in [-0.4, -0.2) is 30.7 Å². The van der Waals surface area contributed by atoms with Crippen LogP contribution in [0.1, 0.15) is 0 Å². The molecule has 0 aliphatic heterocycles. The summed E-state index contributed by atoms with van der Waals surface area (Å²) in [4.78, 5) is 21.8. The second kappa shape index (κ2) is 8.73. The lowest BCUT2D eigenvalue weighted by Gasteiger charge is -2.08. The van der Waals surface area contributed by atoms with Gasteiger partial charge in [-0.05, 0) is 24.3 Å². The molecule has 0 saturated carbocycles. The molecule has 24 heavy (non-hydrogen) atoms. The number of hydrogen-bond donors (Lipinski definition) is 0. The van der Waals surface area contributed by atoms with E-state index in [-0.39, 0.29) is 24.7 Å². The second-order valence-electron chi connectivity index (χ2n) is 4.54. The Morgan fingerprint density at radius 1 is 1.08 bits per heavy atom. The van der Waals surface area contributed by atoms with E-state index >= 15 is 0 Å². The molecule has 0 fully saturated rings. The van der Waals surface area contributed by atoms with Crippen molar-refractivity contribution < 1.29 is 23.9 Å². The molecule has 8 heteroatoms. The maximum atomic E-state index is 11.6. The molecule has 0 saturated heterocycles. The maximum absolute atomic E-state index is 11.6. The molecule has 0 spiro atoms. The molecule has 2 aromatic rings. The molecule has 2 aromatic carbocycles. The summed E-state index contributed by atoms with van der Waals surface area (Å²) >= 11 is 5.81. The minimum atomic E-state index is -0.650. The van der Waals surface area contributed by atoms with Crippen molar-refractivity contribution in [3.8, 4) is 11.5 Å². The van der Waals surface area contributed by atoms with E-state index in [0.29, 0.717) is 10.8 Å². The Hall–Kier alpha value is -2.80. The predicted octanol–water partition coefficient (Wildman–Crippen LogP) is 3.25. The van der Waals surface area contributed by atoms with E-state index in [1.54, 1.807) is 30.3 Å². The molecule has 2 rings (SSSR count). The van der Waals surface area contributed by atoms with Crippen LogP contribution < -0.4 is 9.47 Å². The van der Waals surface area contributed by atoms with Gasteiger partial charge in [-0.15, -0.1) is 0 Å². The third-order valence-electron chi connectivity index (χ3n) is 2.82. The first kappa shape index (κ1) is 17.6. The zero-order chi connectivity index (χ0) is 17.4. The highest BCUT2D eigenvalue weighted by molar-refractivity contribution is 6.30. The van der Waals surface area contributed by atoms with Gasteiger partial charge in [0.15, 0.2) is 12.4 Å². The monoisotopic (exact) mass is 351 g/mol. The number of nitrogens with zero attached hydrogens (tertiary/aromatic N) is 1. The summed E-state index contributed by atoms with van der Waals surface area (Å²) in [6.07, 6.45) is 0. The topological polar surface area (TPSA) is 87.9 Å². The fourth-order valence-corrected chi connectivity index (χ4v) is 1.96. The van der Waals surface area contributed by atoms with Crippen molar-refractivity contribution in [1.29, 1.82) is 0 Å². The minimum absolute atomic E-state index is 0.00891. The van der Waals surface area contributed by atoms with Gasteiger partial charge < -0.3 is 14.2 Å². The number of para-hydroxylation sites is 2. The molecule has 0 bridgehead atoms. The fourth-order valence-electron chi connectivity index (χ4n) is 1.78. The normalized spacial score (nSPS) is 10.0. The van der Waals surface area contributed by atoms with Crippen LogP contribution in [0.3, 0.4) is 0 Å². The standard InChI is InChI=1S/C16H14ClNO6/c17-12-4-3-5-13(10-12)22-8-9-23-16(19)11-24-15-7-2-1-6-14(15)18(20)21/h1-7,10H,8-9,11H2. The van der Waals surface area contributed by atoms with E-state index in [1.165, 1.54) is 18.2 Å². The molecule has 0 aliphatic carbocycles. The molecule has 0 radical (unpaired) electrons. The Morgan fingerprint density at radius 3 is 2.62 bits per heavy atom. The van der Waals surface area contributed by atoms with Gasteiger partial charge in [0.05, 0.1) is 4.92 Å². The van der Waals surface area contributed by atoms with E-state index in [2.05, 4.69) is 0 Å². The SMILES string of the molecule is O=C(COc1ccccc1[N+](=O)[O-])OCCOc1cccc(Cl)c1. The molecule has 126 valence electrons. The summed E-state index contributed by atoms with van der Waals surface area (Å²) in [6.45, 7) is -0.259. The van der Waals surface area contributed by atoms with Crippen LogP contribution in [0.15, 0.2) is 48.5 Å². The molecule has 0 heterocycles. The number of carbonyl (C=O) groups excluding carboxylic acids is 1. The van der Waals surface area contributed by atoms with Crippen molar-refractivity contribution in [2.75, 3.05) is 19.8 Å². The molecule has 0 unspecified atom stereocenters. The van der Waals surface area contributed by atoms with Crippen molar-refractivity contribution in [3.05, 3.63) is 63.7 Å². The van der Waals surface area contributed by atoms with Crippen LogP contribution in [-0.2, 0) is 9.53 Å². The third kappa shape index (κ3) is 5.44. The number of nitro benzene ring substituents is 1. The van der Waals surface area contributed by atoms with Crippen LogP contribution in [0.5, 0.6) is 11.5 Å². The summed E-state index contributed by atoms with van der Waals surface area (Å²) in [7, 11) is 0. The number of hydrogen-bond acceptors (Lipinski definition) is 6. The zero-order valence-electron chi connectivity index (χ0n) is 12.5. The highest BCUT2D eigenvalue weighted by Gasteiger charge is 2.15. The number of halogens is 1. The van der Waals surface area contributed by atoms with Gasteiger partial charge in [0.2, 0.25) is 0 Å². The number of rotatable bonds is 8.